The number of aliphatic hydroxyl groups is 1. The van der Waals surface area contributed by atoms with Crippen LogP contribution in [0.3, 0.4) is 0 Å². The topological polar surface area (TPSA) is 44.7 Å². The fourth-order valence-electron chi connectivity index (χ4n) is 3.80. The smallest absolute Gasteiger partial charge is 0.126 e. The lowest BCUT2D eigenvalue weighted by Gasteiger charge is -2.31. The molecule has 4 nitrogen and oxygen atoms in total. The van der Waals surface area contributed by atoms with Gasteiger partial charge in [0.25, 0.3) is 0 Å². The zero-order valence-electron chi connectivity index (χ0n) is 23.0. The Kier molecular flexibility index (Phi) is 12.5. The van der Waals surface area contributed by atoms with Crippen LogP contribution in [-0.2, 0) is 10.8 Å². The first-order valence-electron chi connectivity index (χ1n) is 12.5. The van der Waals surface area contributed by atoms with Crippen molar-refractivity contribution in [2.75, 3.05) is 40.3 Å². The second-order valence-electron chi connectivity index (χ2n) is 11.5. The first-order chi connectivity index (χ1) is 15.9. The molecule has 2 N–H and O–H groups in total. The lowest BCUT2D eigenvalue weighted by Crippen LogP contribution is -2.33. The highest BCUT2D eigenvalue weighted by Crippen LogP contribution is 2.41. The van der Waals surface area contributed by atoms with Crippen LogP contribution in [0.25, 0.3) is 12.2 Å². The van der Waals surface area contributed by atoms with Crippen LogP contribution in [0.1, 0.15) is 70.2 Å². The average molecular weight is 503 g/mol. The summed E-state index contributed by atoms with van der Waals surface area (Å²) in [4.78, 5) is 2.17. The van der Waals surface area contributed by atoms with Gasteiger partial charge in [0.1, 0.15) is 18.5 Å². The molecule has 2 aromatic rings. The van der Waals surface area contributed by atoms with E-state index in [1.807, 2.05) is 6.07 Å². The van der Waals surface area contributed by atoms with Crippen LogP contribution in [0.4, 0.5) is 0 Å². The molecule has 1 atom stereocenters. The van der Waals surface area contributed by atoms with E-state index in [2.05, 4.69) is 114 Å². The fourth-order valence-corrected chi connectivity index (χ4v) is 3.80. The molecule has 0 amide bonds. The standard InChI is InChI=1S/C30H46N2O2.ClH/c1-29(2,3)26-19-24(16-15-23-13-10-9-11-14-23)20-27(30(4,5)6)28(26)34-22-25(33)21-31-17-12-18-32(7)8;/h9-11,13-16,19-20,25,31,33H,12,17-18,21-22H2,1-8H3;1H/b16-15+;. The normalized spacial score (nSPS) is 13.2. The van der Waals surface area contributed by atoms with E-state index in [1.54, 1.807) is 0 Å². The molecule has 0 aromatic heterocycles. The van der Waals surface area contributed by atoms with Crippen molar-refractivity contribution in [3.8, 4) is 5.75 Å². The quantitative estimate of drug-likeness (QED) is 0.285. The summed E-state index contributed by atoms with van der Waals surface area (Å²) >= 11 is 0. The number of rotatable bonds is 11. The lowest BCUT2D eigenvalue weighted by molar-refractivity contribution is 0.104. The summed E-state index contributed by atoms with van der Waals surface area (Å²) in [6.45, 7) is 16.0. The summed E-state index contributed by atoms with van der Waals surface area (Å²) in [5, 5.41) is 13.9. The minimum Gasteiger partial charge on any atom is -0.490 e. The molecular formula is C30H47ClN2O2. The van der Waals surface area contributed by atoms with E-state index in [-0.39, 0.29) is 29.8 Å². The Morgan fingerprint density at radius 1 is 0.914 bits per heavy atom. The van der Waals surface area contributed by atoms with Crippen molar-refractivity contribution in [1.29, 1.82) is 0 Å². The van der Waals surface area contributed by atoms with Crippen LogP contribution in [0.15, 0.2) is 42.5 Å². The SMILES string of the molecule is CN(C)CCCNCC(O)COc1c(C(C)(C)C)cc(/C=C/c2ccccc2)cc1C(C)(C)C.Cl. The molecule has 1 unspecified atom stereocenters. The summed E-state index contributed by atoms with van der Waals surface area (Å²) in [5.74, 6) is 0.906. The van der Waals surface area contributed by atoms with Gasteiger partial charge in [-0.3, -0.25) is 0 Å². The molecule has 0 saturated carbocycles. The minimum atomic E-state index is -0.558. The molecule has 0 aliphatic heterocycles. The molecule has 0 bridgehead atoms. The van der Waals surface area contributed by atoms with Crippen LogP contribution in [0.5, 0.6) is 5.75 Å². The largest absolute Gasteiger partial charge is 0.490 e. The van der Waals surface area contributed by atoms with Crippen molar-refractivity contribution < 1.29 is 9.84 Å². The number of benzene rings is 2. The fraction of sp³-hybridized carbons (Fsp3) is 0.533. The third kappa shape index (κ3) is 10.7. The zero-order chi connectivity index (χ0) is 25.4. The molecule has 0 aliphatic rings. The number of hydrogen-bond donors (Lipinski definition) is 2. The Morgan fingerprint density at radius 2 is 1.46 bits per heavy atom. The number of nitrogens with zero attached hydrogens (tertiary/aromatic N) is 1. The molecule has 2 rings (SSSR count). The Hall–Kier alpha value is -1.85. The predicted octanol–water partition coefficient (Wildman–Crippen LogP) is 6.15. The van der Waals surface area contributed by atoms with E-state index in [9.17, 15) is 5.11 Å². The van der Waals surface area contributed by atoms with Gasteiger partial charge in [-0.25, -0.2) is 0 Å². The van der Waals surface area contributed by atoms with Gasteiger partial charge in [-0.15, -0.1) is 12.4 Å². The van der Waals surface area contributed by atoms with E-state index >= 15 is 0 Å². The van der Waals surface area contributed by atoms with Crippen molar-refractivity contribution in [3.63, 3.8) is 0 Å². The maximum Gasteiger partial charge on any atom is 0.126 e. The second-order valence-corrected chi connectivity index (χ2v) is 11.5. The van der Waals surface area contributed by atoms with Gasteiger partial charge in [0.05, 0.1) is 0 Å². The predicted molar refractivity (Wildman–Crippen MR) is 154 cm³/mol. The Morgan fingerprint density at radius 3 is 1.97 bits per heavy atom. The average Bonchev–Trinajstić information content (AvgIpc) is 2.75. The number of halogens is 1. The van der Waals surface area contributed by atoms with Gasteiger partial charge in [0, 0.05) is 17.7 Å². The van der Waals surface area contributed by atoms with Gasteiger partial charge in [0.2, 0.25) is 0 Å². The minimum absolute atomic E-state index is 0. The Bertz CT molecular complexity index is 877. The van der Waals surface area contributed by atoms with Gasteiger partial charge in [-0.1, -0.05) is 84.0 Å². The van der Waals surface area contributed by atoms with Crippen LogP contribution in [0, 0.1) is 0 Å². The number of nitrogens with one attached hydrogen (secondary N) is 1. The molecular weight excluding hydrogens is 456 g/mol. The van der Waals surface area contributed by atoms with Crippen molar-refractivity contribution in [2.45, 2.75) is 64.9 Å². The van der Waals surface area contributed by atoms with Gasteiger partial charge in [-0.05, 0) is 67.7 Å². The molecule has 0 saturated heterocycles. The molecule has 196 valence electrons. The first-order valence-corrected chi connectivity index (χ1v) is 12.5. The highest BCUT2D eigenvalue weighted by molar-refractivity contribution is 5.85. The monoisotopic (exact) mass is 502 g/mol. The third-order valence-electron chi connectivity index (χ3n) is 5.75. The zero-order valence-corrected chi connectivity index (χ0v) is 23.8. The van der Waals surface area contributed by atoms with Crippen LogP contribution < -0.4 is 10.1 Å². The Balaban J connectivity index is 0.00000612. The van der Waals surface area contributed by atoms with Crippen molar-refractivity contribution in [1.82, 2.24) is 10.2 Å². The van der Waals surface area contributed by atoms with Crippen molar-refractivity contribution >= 4 is 24.6 Å². The van der Waals surface area contributed by atoms with E-state index in [0.717, 1.165) is 30.8 Å². The van der Waals surface area contributed by atoms with Crippen LogP contribution in [-0.4, -0.2) is 56.4 Å². The first kappa shape index (κ1) is 31.2. The van der Waals surface area contributed by atoms with Crippen LogP contribution in [0.2, 0.25) is 0 Å². The van der Waals surface area contributed by atoms with Gasteiger partial charge in [0.15, 0.2) is 0 Å². The molecule has 0 aliphatic carbocycles. The molecule has 35 heavy (non-hydrogen) atoms. The molecule has 0 fully saturated rings. The molecule has 0 heterocycles. The maximum absolute atomic E-state index is 10.6. The van der Waals surface area contributed by atoms with Gasteiger partial charge < -0.3 is 20.1 Å². The van der Waals surface area contributed by atoms with Crippen molar-refractivity contribution in [2.24, 2.45) is 0 Å². The third-order valence-corrected chi connectivity index (χ3v) is 5.75. The highest BCUT2D eigenvalue weighted by Gasteiger charge is 2.28. The van der Waals surface area contributed by atoms with E-state index in [4.69, 9.17) is 4.74 Å². The number of aliphatic hydroxyl groups excluding tert-OH is 1. The number of ether oxygens (including phenoxy) is 1. The molecule has 0 radical (unpaired) electrons. The van der Waals surface area contributed by atoms with E-state index in [0.29, 0.717) is 6.54 Å². The van der Waals surface area contributed by atoms with Crippen LogP contribution >= 0.6 is 12.4 Å². The molecule has 2 aromatic carbocycles. The van der Waals surface area contributed by atoms with E-state index < -0.39 is 6.10 Å². The summed E-state index contributed by atoms with van der Waals surface area (Å²) in [7, 11) is 4.15. The summed E-state index contributed by atoms with van der Waals surface area (Å²) < 4.78 is 6.37. The second kappa shape index (κ2) is 14.0. The summed E-state index contributed by atoms with van der Waals surface area (Å²) in [6.07, 6.45) is 4.83. The van der Waals surface area contributed by atoms with Crippen molar-refractivity contribution in [3.05, 3.63) is 64.7 Å². The maximum atomic E-state index is 10.6. The summed E-state index contributed by atoms with van der Waals surface area (Å²) in [6, 6.07) is 14.8. The van der Waals surface area contributed by atoms with Gasteiger partial charge >= 0.3 is 0 Å². The lowest BCUT2D eigenvalue weighted by atomic mass is 9.78. The summed E-state index contributed by atoms with van der Waals surface area (Å²) in [5.41, 5.74) is 4.48. The Labute approximate surface area is 220 Å². The molecule has 5 heteroatoms. The highest BCUT2D eigenvalue weighted by atomic mass is 35.5. The number of hydrogen-bond acceptors (Lipinski definition) is 4. The van der Waals surface area contributed by atoms with E-state index in [1.165, 1.54) is 16.7 Å². The van der Waals surface area contributed by atoms with Gasteiger partial charge in [-0.2, -0.15) is 0 Å². The molecule has 0 spiro atoms.